The number of ketones is 1. The van der Waals surface area contributed by atoms with Crippen LogP contribution >= 0.6 is 11.8 Å². The average molecular weight is 311 g/mol. The van der Waals surface area contributed by atoms with E-state index in [0.29, 0.717) is 17.3 Å². The van der Waals surface area contributed by atoms with E-state index in [1.807, 2.05) is 0 Å². The number of thioether (sulfide) groups is 1. The van der Waals surface area contributed by atoms with Crippen molar-refractivity contribution < 1.29 is 19.1 Å². The molecule has 0 radical (unpaired) electrons. The zero-order chi connectivity index (χ0) is 15.8. The van der Waals surface area contributed by atoms with Crippen molar-refractivity contribution >= 4 is 35.2 Å². The lowest BCUT2D eigenvalue weighted by Gasteiger charge is -2.11. The predicted octanol–water partition coefficient (Wildman–Crippen LogP) is 1.44. The third kappa shape index (κ3) is 5.50. The van der Waals surface area contributed by atoms with Crippen molar-refractivity contribution in [3.05, 3.63) is 12.1 Å². The molecule has 1 aromatic rings. The highest BCUT2D eigenvalue weighted by Crippen LogP contribution is 2.23. The molecule has 114 valence electrons. The van der Waals surface area contributed by atoms with E-state index in [-0.39, 0.29) is 18.3 Å². The molecule has 0 bridgehead atoms. The van der Waals surface area contributed by atoms with Crippen molar-refractivity contribution in [1.82, 2.24) is 10.2 Å². The van der Waals surface area contributed by atoms with Crippen molar-refractivity contribution in [1.29, 1.82) is 0 Å². The Morgan fingerprint density at radius 1 is 1.29 bits per heavy atom. The maximum absolute atomic E-state index is 11.7. The molecule has 0 saturated heterocycles. The van der Waals surface area contributed by atoms with Crippen molar-refractivity contribution in [2.45, 2.75) is 37.5 Å². The van der Waals surface area contributed by atoms with Gasteiger partial charge in [-0.3, -0.25) is 14.4 Å². The first kappa shape index (κ1) is 17.1. The number of rotatable bonds is 7. The van der Waals surface area contributed by atoms with Crippen LogP contribution in [0.15, 0.2) is 17.2 Å². The Kier molecular flexibility index (Phi) is 6.80. The molecule has 1 heterocycles. The maximum atomic E-state index is 11.7. The van der Waals surface area contributed by atoms with Crippen LogP contribution in [0.5, 0.6) is 0 Å². The predicted molar refractivity (Wildman–Crippen MR) is 77.9 cm³/mol. The summed E-state index contributed by atoms with van der Waals surface area (Å²) < 4.78 is 4.84. The number of hydrogen-bond donors (Lipinski definition) is 1. The number of nitrogens with one attached hydrogen (secondary N) is 1. The molecule has 7 nitrogen and oxygen atoms in total. The fraction of sp³-hybridized carbons (Fsp3) is 0.462. The fourth-order valence-corrected chi connectivity index (χ4v) is 2.12. The van der Waals surface area contributed by atoms with Gasteiger partial charge in [0.05, 0.1) is 6.61 Å². The van der Waals surface area contributed by atoms with Gasteiger partial charge in [0.2, 0.25) is 5.91 Å². The summed E-state index contributed by atoms with van der Waals surface area (Å²) in [6, 6.07) is 3.14. The van der Waals surface area contributed by atoms with Gasteiger partial charge in [0.15, 0.2) is 16.9 Å². The Balaban J connectivity index is 2.74. The number of amides is 1. The summed E-state index contributed by atoms with van der Waals surface area (Å²) in [5, 5.41) is 9.68. The summed E-state index contributed by atoms with van der Waals surface area (Å²) in [6.07, 6.45) is 0.341. The summed E-state index contributed by atoms with van der Waals surface area (Å²) in [5.74, 6) is -0.761. The molecular weight excluding hydrogens is 294 g/mol. The van der Waals surface area contributed by atoms with E-state index < -0.39 is 11.2 Å². The summed E-state index contributed by atoms with van der Waals surface area (Å²) >= 11 is 0.968. The Hall–Kier alpha value is -1.96. The molecule has 0 spiro atoms. The molecule has 0 fully saturated rings. The highest BCUT2D eigenvalue weighted by Gasteiger charge is 2.26. The number of Topliss-reactive ketones (excluding diaryl/α,β-unsaturated/α-hetero) is 1. The smallest absolute Gasteiger partial charge is 0.327 e. The number of carbonyl (C=O) groups is 3. The van der Waals surface area contributed by atoms with Crippen molar-refractivity contribution in [3.8, 4) is 0 Å². The van der Waals surface area contributed by atoms with Gasteiger partial charge in [-0.2, -0.15) is 0 Å². The molecule has 1 amide bonds. The Labute approximate surface area is 126 Å². The van der Waals surface area contributed by atoms with Crippen LogP contribution in [-0.2, 0) is 19.1 Å². The average Bonchev–Trinajstić information content (AvgIpc) is 2.46. The maximum Gasteiger partial charge on any atom is 0.327 e. The first-order valence-electron chi connectivity index (χ1n) is 6.45. The minimum atomic E-state index is -0.963. The molecule has 0 aliphatic carbocycles. The first-order chi connectivity index (χ1) is 9.97. The van der Waals surface area contributed by atoms with E-state index in [4.69, 9.17) is 4.74 Å². The van der Waals surface area contributed by atoms with Crippen molar-refractivity contribution in [2.75, 3.05) is 11.9 Å². The van der Waals surface area contributed by atoms with Gasteiger partial charge in [-0.05, 0) is 26.0 Å². The summed E-state index contributed by atoms with van der Waals surface area (Å²) in [6.45, 7) is 4.92. The van der Waals surface area contributed by atoms with Crippen LogP contribution in [0.3, 0.4) is 0 Å². The van der Waals surface area contributed by atoms with E-state index in [1.54, 1.807) is 26.0 Å². The van der Waals surface area contributed by atoms with Crippen LogP contribution in [0.1, 0.15) is 27.2 Å². The second kappa shape index (κ2) is 8.35. The highest BCUT2D eigenvalue weighted by molar-refractivity contribution is 8.01. The molecule has 1 atom stereocenters. The quantitative estimate of drug-likeness (QED) is 0.462. The summed E-state index contributed by atoms with van der Waals surface area (Å²) in [7, 11) is 0. The number of hydrogen-bond acceptors (Lipinski definition) is 7. The van der Waals surface area contributed by atoms with Gasteiger partial charge in [0, 0.05) is 6.42 Å². The molecule has 1 N–H and O–H groups in total. The first-order valence-corrected chi connectivity index (χ1v) is 7.33. The van der Waals surface area contributed by atoms with Crippen LogP contribution in [0.2, 0.25) is 0 Å². The number of carbonyl (C=O) groups excluding carboxylic acids is 3. The Bertz CT molecular complexity index is 519. The van der Waals surface area contributed by atoms with Crippen LogP contribution in [0, 0.1) is 0 Å². The lowest BCUT2D eigenvalue weighted by molar-refractivity contribution is -0.144. The lowest BCUT2D eigenvalue weighted by atomic mass is 10.3. The van der Waals surface area contributed by atoms with Gasteiger partial charge in [-0.1, -0.05) is 18.7 Å². The van der Waals surface area contributed by atoms with E-state index >= 15 is 0 Å². The second-order valence-corrected chi connectivity index (χ2v) is 5.14. The second-order valence-electron chi connectivity index (χ2n) is 4.02. The van der Waals surface area contributed by atoms with E-state index in [1.165, 1.54) is 6.92 Å². The Morgan fingerprint density at radius 3 is 2.48 bits per heavy atom. The zero-order valence-electron chi connectivity index (χ0n) is 12.1. The zero-order valence-corrected chi connectivity index (χ0v) is 12.9. The molecule has 0 aromatic carbocycles. The monoisotopic (exact) mass is 311 g/mol. The number of aromatic nitrogens is 2. The summed E-state index contributed by atoms with van der Waals surface area (Å²) in [5.41, 5.74) is 0. The third-order valence-electron chi connectivity index (χ3n) is 2.34. The number of anilines is 1. The molecule has 0 saturated carbocycles. The molecule has 21 heavy (non-hydrogen) atoms. The largest absolute Gasteiger partial charge is 0.465 e. The van der Waals surface area contributed by atoms with Crippen molar-refractivity contribution in [2.24, 2.45) is 0 Å². The van der Waals surface area contributed by atoms with Gasteiger partial charge in [0.25, 0.3) is 0 Å². The minimum absolute atomic E-state index is 0.169. The third-order valence-corrected chi connectivity index (χ3v) is 3.56. The summed E-state index contributed by atoms with van der Waals surface area (Å²) in [4.78, 5) is 34.4. The van der Waals surface area contributed by atoms with E-state index in [0.717, 1.165) is 11.8 Å². The van der Waals surface area contributed by atoms with Gasteiger partial charge in [-0.25, -0.2) is 0 Å². The van der Waals surface area contributed by atoms with Crippen LogP contribution < -0.4 is 5.32 Å². The van der Waals surface area contributed by atoms with Gasteiger partial charge < -0.3 is 10.1 Å². The molecule has 0 aliphatic rings. The molecule has 0 aliphatic heterocycles. The van der Waals surface area contributed by atoms with E-state index in [2.05, 4.69) is 15.5 Å². The molecular formula is C13H17N3O4S. The highest BCUT2D eigenvalue weighted by atomic mass is 32.2. The SMILES string of the molecule is CCOC(=O)C(Sc1ccc(NC(=O)CC)nn1)C(C)=O. The molecule has 1 rings (SSSR count). The lowest BCUT2D eigenvalue weighted by Crippen LogP contribution is -2.27. The van der Waals surface area contributed by atoms with Crippen LogP contribution in [0.4, 0.5) is 5.82 Å². The standard InChI is InChI=1S/C13H17N3O4S/c1-4-10(18)14-9-6-7-11(16-15-9)21-12(8(3)17)13(19)20-5-2/h6-7,12H,4-5H2,1-3H3,(H,14,15,18). The topological polar surface area (TPSA) is 98.2 Å². The van der Waals surface area contributed by atoms with Gasteiger partial charge in [-0.15, -0.1) is 10.2 Å². The molecule has 8 heteroatoms. The minimum Gasteiger partial charge on any atom is -0.465 e. The molecule has 1 unspecified atom stereocenters. The normalized spacial score (nSPS) is 11.6. The Morgan fingerprint density at radius 2 is 2.00 bits per heavy atom. The van der Waals surface area contributed by atoms with Crippen LogP contribution in [0.25, 0.3) is 0 Å². The van der Waals surface area contributed by atoms with E-state index in [9.17, 15) is 14.4 Å². The van der Waals surface area contributed by atoms with Gasteiger partial charge >= 0.3 is 5.97 Å². The number of ether oxygens (including phenoxy) is 1. The van der Waals surface area contributed by atoms with Crippen LogP contribution in [-0.4, -0.2) is 39.7 Å². The fourth-order valence-electron chi connectivity index (χ4n) is 1.32. The molecule has 1 aromatic heterocycles. The number of esters is 1. The van der Waals surface area contributed by atoms with Gasteiger partial charge in [0.1, 0.15) is 5.03 Å². The number of nitrogens with zero attached hydrogens (tertiary/aromatic N) is 2. The van der Waals surface area contributed by atoms with Crippen molar-refractivity contribution in [3.63, 3.8) is 0 Å².